The van der Waals surface area contributed by atoms with E-state index in [0.29, 0.717) is 23.6 Å². The standard InChI is InChI=1S/C24H28ClN3O2/c1-5-9-21(29)28-19-13-12-17(25)14-18(19)22(16-10-7-6-8-11-16)26-15-20(28)23(30)27-24(2,3)4/h6-8,10-14,20H,5,9,15H2,1-4H3,(H,27,30). The predicted molar refractivity (Wildman–Crippen MR) is 122 cm³/mol. The summed E-state index contributed by atoms with van der Waals surface area (Å²) < 4.78 is 0. The van der Waals surface area contributed by atoms with Gasteiger partial charge in [0.25, 0.3) is 0 Å². The fourth-order valence-corrected chi connectivity index (χ4v) is 3.73. The van der Waals surface area contributed by atoms with E-state index < -0.39 is 11.6 Å². The smallest absolute Gasteiger partial charge is 0.245 e. The summed E-state index contributed by atoms with van der Waals surface area (Å²) in [5, 5.41) is 3.57. The van der Waals surface area contributed by atoms with Crippen LogP contribution in [0.4, 0.5) is 5.69 Å². The number of carbonyl (C=O) groups is 2. The molecule has 0 bridgehead atoms. The second kappa shape index (κ2) is 9.00. The summed E-state index contributed by atoms with van der Waals surface area (Å²) in [6.45, 7) is 7.90. The molecule has 2 aromatic carbocycles. The first-order valence-electron chi connectivity index (χ1n) is 10.2. The zero-order valence-corrected chi connectivity index (χ0v) is 18.7. The molecule has 0 aliphatic carbocycles. The molecule has 3 rings (SSSR count). The van der Waals surface area contributed by atoms with Crippen LogP contribution in [0.3, 0.4) is 0 Å². The molecule has 1 atom stereocenters. The van der Waals surface area contributed by atoms with Crippen molar-refractivity contribution in [1.29, 1.82) is 0 Å². The first-order valence-corrected chi connectivity index (χ1v) is 10.6. The zero-order chi connectivity index (χ0) is 21.9. The summed E-state index contributed by atoms with van der Waals surface area (Å²) in [4.78, 5) is 32.8. The molecule has 0 fully saturated rings. The summed E-state index contributed by atoms with van der Waals surface area (Å²) in [6, 6.07) is 14.4. The van der Waals surface area contributed by atoms with E-state index in [1.807, 2.05) is 70.2 Å². The topological polar surface area (TPSA) is 61.8 Å². The predicted octanol–water partition coefficient (Wildman–Crippen LogP) is 4.61. The van der Waals surface area contributed by atoms with Gasteiger partial charge in [-0.3, -0.25) is 19.5 Å². The van der Waals surface area contributed by atoms with Gasteiger partial charge in [-0.2, -0.15) is 0 Å². The lowest BCUT2D eigenvalue weighted by Gasteiger charge is -2.32. The SMILES string of the molecule is CCCC(=O)N1c2ccc(Cl)cc2C(c2ccccc2)=NCC1C(=O)NC(C)(C)C. The maximum atomic E-state index is 13.2. The Labute approximate surface area is 183 Å². The van der Waals surface area contributed by atoms with E-state index in [4.69, 9.17) is 16.6 Å². The van der Waals surface area contributed by atoms with Crippen molar-refractivity contribution >= 4 is 34.8 Å². The fraction of sp³-hybridized carbons (Fsp3) is 0.375. The van der Waals surface area contributed by atoms with Crippen LogP contribution in [0.5, 0.6) is 0 Å². The van der Waals surface area contributed by atoms with E-state index in [-0.39, 0.29) is 18.4 Å². The average molecular weight is 426 g/mol. The first-order chi connectivity index (χ1) is 14.2. The number of nitrogens with one attached hydrogen (secondary N) is 1. The Bertz CT molecular complexity index is 964. The molecule has 158 valence electrons. The Kier molecular flexibility index (Phi) is 6.61. The molecule has 2 aromatic rings. The van der Waals surface area contributed by atoms with Crippen molar-refractivity contribution in [2.24, 2.45) is 4.99 Å². The normalized spacial score (nSPS) is 16.4. The molecule has 5 nitrogen and oxygen atoms in total. The number of aliphatic imine (C=N–C) groups is 1. The maximum absolute atomic E-state index is 13.2. The lowest BCUT2D eigenvalue weighted by Crippen LogP contribution is -2.55. The minimum Gasteiger partial charge on any atom is -0.350 e. The highest BCUT2D eigenvalue weighted by molar-refractivity contribution is 6.32. The van der Waals surface area contributed by atoms with Gasteiger partial charge in [-0.05, 0) is 45.4 Å². The van der Waals surface area contributed by atoms with Crippen LogP contribution >= 0.6 is 11.6 Å². The van der Waals surface area contributed by atoms with E-state index in [0.717, 1.165) is 16.8 Å². The summed E-state index contributed by atoms with van der Waals surface area (Å²) in [5.41, 5.74) is 2.64. The van der Waals surface area contributed by atoms with Gasteiger partial charge in [0, 0.05) is 28.1 Å². The van der Waals surface area contributed by atoms with Crippen molar-refractivity contribution in [3.05, 3.63) is 64.7 Å². The lowest BCUT2D eigenvalue weighted by molar-refractivity contribution is -0.127. The van der Waals surface area contributed by atoms with E-state index in [1.165, 1.54) is 0 Å². The van der Waals surface area contributed by atoms with Crippen molar-refractivity contribution in [2.45, 2.75) is 52.1 Å². The Morgan fingerprint density at radius 1 is 1.17 bits per heavy atom. The Morgan fingerprint density at radius 2 is 1.87 bits per heavy atom. The highest BCUT2D eigenvalue weighted by atomic mass is 35.5. The van der Waals surface area contributed by atoms with Crippen LogP contribution < -0.4 is 10.2 Å². The van der Waals surface area contributed by atoms with Crippen LogP contribution in [-0.2, 0) is 9.59 Å². The molecule has 0 spiro atoms. The summed E-state index contributed by atoms with van der Waals surface area (Å²) in [7, 11) is 0. The molecule has 0 saturated heterocycles. The minimum absolute atomic E-state index is 0.0976. The third-order valence-electron chi connectivity index (χ3n) is 4.79. The molecule has 0 aromatic heterocycles. The van der Waals surface area contributed by atoms with E-state index in [9.17, 15) is 9.59 Å². The fourth-order valence-electron chi connectivity index (χ4n) is 3.56. The number of hydrogen-bond acceptors (Lipinski definition) is 3. The molecule has 1 aliphatic rings. The number of anilines is 1. The highest BCUT2D eigenvalue weighted by Gasteiger charge is 2.36. The maximum Gasteiger partial charge on any atom is 0.245 e. The molecule has 1 unspecified atom stereocenters. The second-order valence-corrected chi connectivity index (χ2v) is 8.92. The van der Waals surface area contributed by atoms with Crippen molar-refractivity contribution in [1.82, 2.24) is 5.32 Å². The Balaban J connectivity index is 2.18. The van der Waals surface area contributed by atoms with Gasteiger partial charge < -0.3 is 5.32 Å². The van der Waals surface area contributed by atoms with Gasteiger partial charge in [0.2, 0.25) is 11.8 Å². The summed E-state index contributed by atoms with van der Waals surface area (Å²) in [5.74, 6) is -0.314. The third kappa shape index (κ3) is 4.90. The molecule has 2 amide bonds. The van der Waals surface area contributed by atoms with Crippen molar-refractivity contribution in [2.75, 3.05) is 11.4 Å². The average Bonchev–Trinajstić information content (AvgIpc) is 2.84. The number of hydrogen-bond donors (Lipinski definition) is 1. The number of benzodiazepines with no additional fused rings is 1. The van der Waals surface area contributed by atoms with E-state index >= 15 is 0 Å². The monoisotopic (exact) mass is 425 g/mol. The van der Waals surface area contributed by atoms with Crippen molar-refractivity contribution in [3.63, 3.8) is 0 Å². The van der Waals surface area contributed by atoms with Crippen LogP contribution in [0.25, 0.3) is 0 Å². The van der Waals surface area contributed by atoms with Crippen LogP contribution in [0, 0.1) is 0 Å². The second-order valence-electron chi connectivity index (χ2n) is 8.49. The molecule has 0 saturated carbocycles. The van der Waals surface area contributed by atoms with Gasteiger partial charge in [0.1, 0.15) is 6.04 Å². The number of benzene rings is 2. The Morgan fingerprint density at radius 3 is 2.50 bits per heavy atom. The van der Waals surface area contributed by atoms with Gasteiger partial charge in [-0.15, -0.1) is 0 Å². The molecule has 1 N–H and O–H groups in total. The highest BCUT2D eigenvalue weighted by Crippen LogP contribution is 2.32. The van der Waals surface area contributed by atoms with Crippen LogP contribution in [0.1, 0.15) is 51.7 Å². The number of fused-ring (bicyclic) bond motifs is 1. The molecule has 1 heterocycles. The van der Waals surface area contributed by atoms with Crippen LogP contribution in [-0.4, -0.2) is 35.7 Å². The number of carbonyl (C=O) groups excluding carboxylic acids is 2. The molecule has 30 heavy (non-hydrogen) atoms. The van der Waals surface area contributed by atoms with Crippen molar-refractivity contribution < 1.29 is 9.59 Å². The summed E-state index contributed by atoms with van der Waals surface area (Å²) in [6.07, 6.45) is 1.04. The third-order valence-corrected chi connectivity index (χ3v) is 5.02. The van der Waals surface area contributed by atoms with E-state index in [1.54, 1.807) is 11.0 Å². The molecule has 0 radical (unpaired) electrons. The largest absolute Gasteiger partial charge is 0.350 e. The summed E-state index contributed by atoms with van der Waals surface area (Å²) >= 11 is 6.32. The number of amides is 2. The van der Waals surface area contributed by atoms with Gasteiger partial charge >= 0.3 is 0 Å². The van der Waals surface area contributed by atoms with Gasteiger partial charge in [0.05, 0.1) is 17.9 Å². The Hall–Kier alpha value is -2.66. The lowest BCUT2D eigenvalue weighted by atomic mass is 9.99. The van der Waals surface area contributed by atoms with Crippen LogP contribution in [0.15, 0.2) is 53.5 Å². The molecular weight excluding hydrogens is 398 g/mol. The quantitative estimate of drug-likeness (QED) is 0.777. The number of rotatable bonds is 4. The molecule has 6 heteroatoms. The molecule has 1 aliphatic heterocycles. The number of nitrogens with zero attached hydrogens (tertiary/aromatic N) is 2. The van der Waals surface area contributed by atoms with E-state index in [2.05, 4.69) is 5.32 Å². The van der Waals surface area contributed by atoms with Gasteiger partial charge in [-0.25, -0.2) is 0 Å². The van der Waals surface area contributed by atoms with Crippen molar-refractivity contribution in [3.8, 4) is 0 Å². The number of halogens is 1. The zero-order valence-electron chi connectivity index (χ0n) is 17.9. The van der Waals surface area contributed by atoms with Gasteiger partial charge in [-0.1, -0.05) is 48.9 Å². The molecular formula is C24H28ClN3O2. The first kappa shape index (κ1) is 22.0. The van der Waals surface area contributed by atoms with Gasteiger partial charge in [0.15, 0.2) is 0 Å². The van der Waals surface area contributed by atoms with Crippen LogP contribution in [0.2, 0.25) is 5.02 Å². The minimum atomic E-state index is -0.732.